The van der Waals surface area contributed by atoms with E-state index in [0.29, 0.717) is 5.56 Å². The Labute approximate surface area is 64.2 Å². The van der Waals surface area contributed by atoms with Gasteiger partial charge in [0.15, 0.2) is 0 Å². The molecule has 5 heteroatoms. The molecule has 1 heterocycles. The zero-order chi connectivity index (χ0) is 8.69. The van der Waals surface area contributed by atoms with Crippen LogP contribution in [-0.4, -0.2) is 10.9 Å². The average Bonchev–Trinajstić information content (AvgIpc) is 2.10. The van der Waals surface area contributed by atoms with Crippen LogP contribution in [0.3, 0.4) is 0 Å². The highest BCUT2D eigenvalue weighted by Crippen LogP contribution is 1.91. The fourth-order valence-corrected chi connectivity index (χ4v) is 0.509. The Bertz CT molecular complexity index is 211. The third-order valence-corrected chi connectivity index (χ3v) is 0.946. The average molecular weight is 154 g/mol. The predicted molar refractivity (Wildman–Crippen MR) is 41.1 cm³/mol. The molecule has 0 aromatic carbocycles. The van der Waals surface area contributed by atoms with E-state index in [0.717, 1.165) is 0 Å². The third-order valence-electron chi connectivity index (χ3n) is 0.946. The molecular weight excluding hydrogens is 144 g/mol. The minimum Gasteiger partial charge on any atom is -0.366 e. The van der Waals surface area contributed by atoms with Gasteiger partial charge in [-0.1, -0.05) is 0 Å². The molecule has 1 aromatic rings. The van der Waals surface area contributed by atoms with E-state index in [1.807, 2.05) is 0 Å². The SMILES string of the molecule is NC(=O)c1cccnc1.NN. The van der Waals surface area contributed by atoms with Gasteiger partial charge in [-0.15, -0.1) is 0 Å². The lowest BCUT2D eigenvalue weighted by Crippen LogP contribution is -2.10. The van der Waals surface area contributed by atoms with Crippen LogP contribution in [0.4, 0.5) is 0 Å². The maximum atomic E-state index is 10.4. The molecule has 0 aliphatic rings. The van der Waals surface area contributed by atoms with Crippen molar-refractivity contribution in [1.82, 2.24) is 4.98 Å². The number of amides is 1. The van der Waals surface area contributed by atoms with Crippen molar-refractivity contribution >= 4 is 5.91 Å². The smallest absolute Gasteiger partial charge is 0.250 e. The van der Waals surface area contributed by atoms with Gasteiger partial charge in [-0.2, -0.15) is 0 Å². The zero-order valence-corrected chi connectivity index (χ0v) is 5.90. The largest absolute Gasteiger partial charge is 0.366 e. The monoisotopic (exact) mass is 154 g/mol. The van der Waals surface area contributed by atoms with Crippen LogP contribution in [0.5, 0.6) is 0 Å². The summed E-state index contributed by atoms with van der Waals surface area (Å²) in [4.78, 5) is 14.1. The maximum absolute atomic E-state index is 10.4. The Morgan fingerprint density at radius 3 is 2.36 bits per heavy atom. The number of carbonyl (C=O) groups excluding carboxylic acids is 1. The Kier molecular flexibility index (Phi) is 4.63. The second-order valence-electron chi connectivity index (χ2n) is 1.61. The molecule has 0 fully saturated rings. The van der Waals surface area contributed by atoms with E-state index in [4.69, 9.17) is 5.73 Å². The molecule has 1 rings (SSSR count). The fraction of sp³-hybridized carbons (Fsp3) is 0. The first kappa shape index (κ1) is 9.54. The Morgan fingerprint density at radius 1 is 1.45 bits per heavy atom. The van der Waals surface area contributed by atoms with Crippen molar-refractivity contribution in [2.45, 2.75) is 0 Å². The van der Waals surface area contributed by atoms with Gasteiger partial charge >= 0.3 is 0 Å². The van der Waals surface area contributed by atoms with E-state index in [1.54, 1.807) is 18.3 Å². The molecule has 0 bridgehead atoms. The normalized spacial score (nSPS) is 7.82. The van der Waals surface area contributed by atoms with Gasteiger partial charge < -0.3 is 5.73 Å². The van der Waals surface area contributed by atoms with Crippen LogP contribution in [0.25, 0.3) is 0 Å². The van der Waals surface area contributed by atoms with Crippen LogP contribution in [0.1, 0.15) is 10.4 Å². The van der Waals surface area contributed by atoms with Crippen molar-refractivity contribution in [2.24, 2.45) is 17.4 Å². The number of carbonyl (C=O) groups is 1. The fourth-order valence-electron chi connectivity index (χ4n) is 0.509. The lowest BCUT2D eigenvalue weighted by atomic mass is 10.3. The van der Waals surface area contributed by atoms with Gasteiger partial charge in [0, 0.05) is 12.4 Å². The third kappa shape index (κ3) is 3.29. The molecule has 1 aromatic heterocycles. The minimum absolute atomic E-state index is 0.442. The first-order valence-corrected chi connectivity index (χ1v) is 2.84. The molecule has 0 radical (unpaired) electrons. The Hall–Kier alpha value is -1.46. The summed E-state index contributed by atoms with van der Waals surface area (Å²) in [5.41, 5.74) is 5.38. The molecule has 0 unspecified atom stereocenters. The van der Waals surface area contributed by atoms with Gasteiger partial charge in [-0.25, -0.2) is 0 Å². The Balaban J connectivity index is 0.000000461. The molecule has 0 spiro atoms. The number of hydrazine groups is 1. The van der Waals surface area contributed by atoms with Gasteiger partial charge in [-0.3, -0.25) is 21.5 Å². The highest BCUT2D eigenvalue weighted by Gasteiger charge is 1.94. The van der Waals surface area contributed by atoms with Crippen molar-refractivity contribution in [2.75, 3.05) is 0 Å². The number of rotatable bonds is 1. The number of pyridine rings is 1. The summed E-state index contributed by atoms with van der Waals surface area (Å²) in [6, 6.07) is 3.29. The number of aromatic nitrogens is 1. The molecule has 0 saturated heterocycles. The summed E-state index contributed by atoms with van der Waals surface area (Å²) in [6.45, 7) is 0. The molecule has 5 nitrogen and oxygen atoms in total. The molecule has 6 N–H and O–H groups in total. The van der Waals surface area contributed by atoms with Crippen LogP contribution in [0, 0.1) is 0 Å². The minimum atomic E-state index is -0.442. The topological polar surface area (TPSA) is 108 Å². The molecule has 60 valence electrons. The summed E-state index contributed by atoms with van der Waals surface area (Å²) in [7, 11) is 0. The van der Waals surface area contributed by atoms with Crippen molar-refractivity contribution in [1.29, 1.82) is 0 Å². The van der Waals surface area contributed by atoms with Crippen LogP contribution in [0.2, 0.25) is 0 Å². The number of hydrogen-bond acceptors (Lipinski definition) is 4. The molecule has 0 atom stereocenters. The zero-order valence-electron chi connectivity index (χ0n) is 5.90. The maximum Gasteiger partial charge on any atom is 0.250 e. The van der Waals surface area contributed by atoms with Crippen molar-refractivity contribution < 1.29 is 4.79 Å². The lowest BCUT2D eigenvalue weighted by molar-refractivity contribution is 0.1000. The van der Waals surface area contributed by atoms with Crippen LogP contribution in [0.15, 0.2) is 24.5 Å². The summed E-state index contributed by atoms with van der Waals surface area (Å²) in [6.07, 6.45) is 3.02. The number of primary amides is 1. The first-order valence-electron chi connectivity index (χ1n) is 2.84. The number of hydrogen-bond donors (Lipinski definition) is 3. The molecular formula is C6H10N4O. The van der Waals surface area contributed by atoms with Gasteiger partial charge in [0.1, 0.15) is 0 Å². The van der Waals surface area contributed by atoms with Crippen LogP contribution < -0.4 is 17.4 Å². The van der Waals surface area contributed by atoms with E-state index in [9.17, 15) is 4.79 Å². The van der Waals surface area contributed by atoms with Crippen LogP contribution in [-0.2, 0) is 0 Å². The standard InChI is InChI=1S/C6H6N2O.H4N2/c7-6(9)5-2-1-3-8-4-5;1-2/h1-4H,(H2,7,9);1-2H2. The van der Waals surface area contributed by atoms with Gasteiger partial charge in [-0.05, 0) is 12.1 Å². The highest BCUT2D eigenvalue weighted by molar-refractivity contribution is 5.92. The molecule has 0 aliphatic carbocycles. The highest BCUT2D eigenvalue weighted by atomic mass is 16.1. The summed E-state index contributed by atoms with van der Waals surface area (Å²) in [5.74, 6) is 7.56. The summed E-state index contributed by atoms with van der Waals surface area (Å²) >= 11 is 0. The summed E-state index contributed by atoms with van der Waals surface area (Å²) < 4.78 is 0. The second kappa shape index (κ2) is 5.33. The molecule has 0 aliphatic heterocycles. The molecule has 11 heavy (non-hydrogen) atoms. The van der Waals surface area contributed by atoms with E-state index in [-0.39, 0.29) is 0 Å². The molecule has 0 saturated carbocycles. The lowest BCUT2D eigenvalue weighted by Gasteiger charge is -1.88. The van der Waals surface area contributed by atoms with E-state index < -0.39 is 5.91 Å². The van der Waals surface area contributed by atoms with E-state index >= 15 is 0 Å². The van der Waals surface area contributed by atoms with Crippen molar-refractivity contribution in [3.63, 3.8) is 0 Å². The van der Waals surface area contributed by atoms with Crippen molar-refractivity contribution in [3.05, 3.63) is 30.1 Å². The molecule has 1 amide bonds. The van der Waals surface area contributed by atoms with Gasteiger partial charge in [0.05, 0.1) is 5.56 Å². The van der Waals surface area contributed by atoms with E-state index in [1.165, 1.54) is 6.20 Å². The van der Waals surface area contributed by atoms with Gasteiger partial charge in [0.25, 0.3) is 0 Å². The van der Waals surface area contributed by atoms with Crippen LogP contribution >= 0.6 is 0 Å². The predicted octanol–water partition coefficient (Wildman–Crippen LogP) is -1.00. The number of nitrogens with two attached hydrogens (primary N) is 3. The van der Waals surface area contributed by atoms with Crippen molar-refractivity contribution in [3.8, 4) is 0 Å². The van der Waals surface area contributed by atoms with Gasteiger partial charge in [0.2, 0.25) is 5.91 Å². The second-order valence-corrected chi connectivity index (χ2v) is 1.61. The summed E-state index contributed by atoms with van der Waals surface area (Å²) in [5, 5.41) is 0. The Morgan fingerprint density at radius 2 is 2.09 bits per heavy atom. The van der Waals surface area contributed by atoms with E-state index in [2.05, 4.69) is 16.7 Å². The number of nitrogens with zero attached hydrogens (tertiary/aromatic N) is 1. The quantitative estimate of drug-likeness (QED) is 0.356. The first-order chi connectivity index (χ1) is 5.30.